The molecule has 2 rings (SSSR count). The van der Waals surface area contributed by atoms with E-state index in [2.05, 4.69) is 55.6 Å². The highest BCUT2D eigenvalue weighted by atomic mass is 15.1. The van der Waals surface area contributed by atoms with Gasteiger partial charge in [-0.3, -0.25) is 0 Å². The Labute approximate surface area is 110 Å². The number of imidazole rings is 1. The molecule has 0 amide bonds. The summed E-state index contributed by atoms with van der Waals surface area (Å²) in [6.45, 7) is 9.86. The van der Waals surface area contributed by atoms with Gasteiger partial charge in [0.15, 0.2) is 0 Å². The molecule has 18 heavy (non-hydrogen) atoms. The summed E-state index contributed by atoms with van der Waals surface area (Å²) in [6.07, 6.45) is 6.62. The number of unbranched alkanes of at least 4 members (excludes halogenated alkanes) is 1. The average molecular weight is 243 g/mol. The molecule has 0 aliphatic rings. The van der Waals surface area contributed by atoms with Crippen LogP contribution < -0.4 is 4.57 Å². The van der Waals surface area contributed by atoms with Crippen LogP contribution in [0, 0.1) is 20.8 Å². The summed E-state index contributed by atoms with van der Waals surface area (Å²) in [5.74, 6) is 1.23. The Kier molecular flexibility index (Phi) is 3.85. The van der Waals surface area contributed by atoms with Crippen molar-refractivity contribution < 1.29 is 4.57 Å². The minimum absolute atomic E-state index is 1.09. The van der Waals surface area contributed by atoms with E-state index in [0.29, 0.717) is 0 Å². The van der Waals surface area contributed by atoms with Crippen LogP contribution in [0.25, 0.3) is 11.4 Å². The molecule has 96 valence electrons. The van der Waals surface area contributed by atoms with E-state index in [0.717, 1.165) is 6.54 Å². The standard InChI is InChI=1S/C16H22N2/c1-5-6-8-18-9-7-17-16(18)15-13(3)10-12(2)11-14(15)4/h7,9-11H,5-6,8H2,1-4H3/p+1. The Morgan fingerprint density at radius 2 is 1.78 bits per heavy atom. The summed E-state index contributed by atoms with van der Waals surface area (Å²) in [7, 11) is 0. The second-order valence-electron chi connectivity index (χ2n) is 5.13. The Bertz CT molecular complexity index is 515. The zero-order valence-electron chi connectivity index (χ0n) is 11.9. The number of benzene rings is 1. The number of aryl methyl sites for hydroxylation is 4. The lowest BCUT2D eigenvalue weighted by molar-refractivity contribution is -0.685. The number of nitrogens with one attached hydrogen (secondary N) is 1. The number of H-pyrrole nitrogens is 1. The molecule has 1 heterocycles. The topological polar surface area (TPSA) is 19.7 Å². The molecule has 0 aliphatic heterocycles. The van der Waals surface area contributed by atoms with Gasteiger partial charge in [-0.05, 0) is 38.3 Å². The quantitative estimate of drug-likeness (QED) is 0.790. The molecule has 1 aromatic carbocycles. The lowest BCUT2D eigenvalue weighted by atomic mass is 9.99. The first kappa shape index (κ1) is 12.9. The van der Waals surface area contributed by atoms with Gasteiger partial charge in [-0.15, -0.1) is 0 Å². The maximum Gasteiger partial charge on any atom is 0.287 e. The fourth-order valence-electron chi connectivity index (χ4n) is 2.65. The normalized spacial score (nSPS) is 10.9. The van der Waals surface area contributed by atoms with Crippen molar-refractivity contribution in [3.63, 3.8) is 0 Å². The van der Waals surface area contributed by atoms with Crippen molar-refractivity contribution in [1.29, 1.82) is 0 Å². The summed E-state index contributed by atoms with van der Waals surface area (Å²) in [5.41, 5.74) is 5.38. The second kappa shape index (κ2) is 5.38. The number of aromatic nitrogens is 2. The molecule has 0 saturated heterocycles. The lowest BCUT2D eigenvalue weighted by Crippen LogP contribution is -2.34. The van der Waals surface area contributed by atoms with E-state index >= 15 is 0 Å². The largest absolute Gasteiger partial charge is 0.287 e. The maximum atomic E-state index is 3.40. The van der Waals surface area contributed by atoms with Gasteiger partial charge in [-0.1, -0.05) is 31.0 Å². The Morgan fingerprint density at radius 3 is 2.39 bits per heavy atom. The van der Waals surface area contributed by atoms with E-state index in [9.17, 15) is 0 Å². The summed E-state index contributed by atoms with van der Waals surface area (Å²) < 4.78 is 2.33. The summed E-state index contributed by atoms with van der Waals surface area (Å²) >= 11 is 0. The number of rotatable bonds is 4. The van der Waals surface area contributed by atoms with Crippen molar-refractivity contribution in [1.82, 2.24) is 4.98 Å². The molecule has 0 fully saturated rings. The van der Waals surface area contributed by atoms with Crippen molar-refractivity contribution in [2.45, 2.75) is 47.1 Å². The zero-order chi connectivity index (χ0) is 13.1. The molecule has 0 saturated carbocycles. The van der Waals surface area contributed by atoms with Crippen LogP contribution in [-0.2, 0) is 6.54 Å². The average Bonchev–Trinajstić information content (AvgIpc) is 2.73. The fourth-order valence-corrected chi connectivity index (χ4v) is 2.65. The van der Waals surface area contributed by atoms with Gasteiger partial charge in [0.2, 0.25) is 0 Å². The Hall–Kier alpha value is -1.57. The number of hydrogen-bond acceptors (Lipinski definition) is 0. The zero-order valence-corrected chi connectivity index (χ0v) is 11.9. The van der Waals surface area contributed by atoms with Gasteiger partial charge < -0.3 is 0 Å². The van der Waals surface area contributed by atoms with E-state index in [1.54, 1.807) is 0 Å². The van der Waals surface area contributed by atoms with Gasteiger partial charge in [0.25, 0.3) is 5.82 Å². The summed E-state index contributed by atoms with van der Waals surface area (Å²) in [4.78, 5) is 3.40. The molecular formula is C16H23N2+. The first-order valence-electron chi connectivity index (χ1n) is 6.78. The molecular weight excluding hydrogens is 220 g/mol. The minimum Gasteiger partial charge on any atom is -0.243 e. The molecule has 2 heteroatoms. The van der Waals surface area contributed by atoms with Crippen molar-refractivity contribution >= 4 is 0 Å². The Morgan fingerprint density at radius 1 is 1.11 bits per heavy atom. The molecule has 0 atom stereocenters. The summed E-state index contributed by atoms with van der Waals surface area (Å²) in [5, 5.41) is 0. The van der Waals surface area contributed by atoms with E-state index < -0.39 is 0 Å². The van der Waals surface area contributed by atoms with Crippen molar-refractivity contribution in [2.24, 2.45) is 0 Å². The Balaban J connectivity index is 2.46. The number of aromatic amines is 1. The third-order valence-corrected chi connectivity index (χ3v) is 3.43. The van der Waals surface area contributed by atoms with Crippen LogP contribution in [0.3, 0.4) is 0 Å². The van der Waals surface area contributed by atoms with E-state index in [-0.39, 0.29) is 0 Å². The van der Waals surface area contributed by atoms with Crippen LogP contribution in [0.1, 0.15) is 36.5 Å². The van der Waals surface area contributed by atoms with Crippen molar-refractivity contribution in [3.05, 3.63) is 41.2 Å². The van der Waals surface area contributed by atoms with Crippen LogP contribution in [0.5, 0.6) is 0 Å². The number of hydrogen-bond donors (Lipinski definition) is 1. The maximum absolute atomic E-state index is 3.40. The number of nitrogens with zero attached hydrogens (tertiary/aromatic N) is 1. The highest BCUT2D eigenvalue weighted by Crippen LogP contribution is 2.24. The lowest BCUT2D eigenvalue weighted by Gasteiger charge is -2.08. The predicted molar refractivity (Wildman–Crippen MR) is 75.5 cm³/mol. The smallest absolute Gasteiger partial charge is 0.243 e. The molecule has 1 N–H and O–H groups in total. The molecule has 0 bridgehead atoms. The van der Waals surface area contributed by atoms with E-state index in [1.807, 2.05) is 6.20 Å². The van der Waals surface area contributed by atoms with Crippen LogP contribution in [-0.4, -0.2) is 4.98 Å². The minimum atomic E-state index is 1.09. The first-order chi connectivity index (χ1) is 8.63. The molecule has 2 nitrogen and oxygen atoms in total. The third-order valence-electron chi connectivity index (χ3n) is 3.43. The first-order valence-corrected chi connectivity index (χ1v) is 6.78. The highest BCUT2D eigenvalue weighted by molar-refractivity contribution is 5.63. The molecule has 0 unspecified atom stereocenters. The molecule has 0 radical (unpaired) electrons. The van der Waals surface area contributed by atoms with Gasteiger partial charge in [0.1, 0.15) is 12.4 Å². The van der Waals surface area contributed by atoms with Crippen molar-refractivity contribution in [2.75, 3.05) is 0 Å². The van der Waals surface area contributed by atoms with Crippen LogP contribution >= 0.6 is 0 Å². The SMILES string of the molecule is CCCC[n+]1cc[nH]c1-c1c(C)cc(C)cc1C. The van der Waals surface area contributed by atoms with E-state index in [1.165, 1.54) is 40.9 Å². The molecule has 0 aliphatic carbocycles. The van der Waals surface area contributed by atoms with E-state index in [4.69, 9.17) is 0 Å². The fraction of sp³-hybridized carbons (Fsp3) is 0.438. The van der Waals surface area contributed by atoms with Crippen molar-refractivity contribution in [3.8, 4) is 11.4 Å². The second-order valence-corrected chi connectivity index (χ2v) is 5.13. The highest BCUT2D eigenvalue weighted by Gasteiger charge is 2.17. The molecule has 1 aromatic heterocycles. The van der Waals surface area contributed by atoms with Crippen LogP contribution in [0.2, 0.25) is 0 Å². The van der Waals surface area contributed by atoms with Gasteiger partial charge >= 0.3 is 0 Å². The van der Waals surface area contributed by atoms with Gasteiger partial charge in [0, 0.05) is 0 Å². The summed E-state index contributed by atoms with van der Waals surface area (Å²) in [6, 6.07) is 4.51. The third kappa shape index (κ3) is 2.47. The van der Waals surface area contributed by atoms with Crippen LogP contribution in [0.4, 0.5) is 0 Å². The molecule has 2 aromatic rings. The van der Waals surface area contributed by atoms with Gasteiger partial charge in [-0.25, -0.2) is 9.55 Å². The van der Waals surface area contributed by atoms with Gasteiger partial charge in [0.05, 0.1) is 12.1 Å². The predicted octanol–water partition coefficient (Wildman–Crippen LogP) is 3.69. The molecule has 0 spiro atoms. The van der Waals surface area contributed by atoms with Crippen LogP contribution in [0.15, 0.2) is 24.5 Å². The van der Waals surface area contributed by atoms with Gasteiger partial charge in [-0.2, -0.15) is 0 Å². The monoisotopic (exact) mass is 243 g/mol.